The number of carboxylic acids is 1. The summed E-state index contributed by atoms with van der Waals surface area (Å²) < 4.78 is 19.4. The lowest BCUT2D eigenvalue weighted by Gasteiger charge is -2.15. The fraction of sp³-hybridized carbons (Fsp3) is 0.188. The van der Waals surface area contributed by atoms with Crippen LogP contribution in [0.15, 0.2) is 46.9 Å². The molecule has 0 aliphatic heterocycles. The van der Waals surface area contributed by atoms with Crippen LogP contribution in [-0.4, -0.2) is 18.2 Å². The Kier molecular flexibility index (Phi) is 4.96. The molecule has 5 heteroatoms. The zero-order valence-corrected chi connectivity index (χ0v) is 12.9. The maximum absolute atomic E-state index is 13.3. The third-order valence-corrected chi connectivity index (χ3v) is 3.71. The third-order valence-electron chi connectivity index (χ3n) is 3.22. The molecule has 0 aromatic heterocycles. The molecule has 0 saturated carbocycles. The monoisotopic (exact) mass is 352 g/mol. The van der Waals surface area contributed by atoms with Gasteiger partial charge >= 0.3 is 5.97 Å². The van der Waals surface area contributed by atoms with Crippen molar-refractivity contribution in [3.8, 4) is 5.75 Å². The molecular weight excluding hydrogens is 339 g/mol. The molecule has 1 atom stereocenters. The van der Waals surface area contributed by atoms with Gasteiger partial charge in [0.25, 0.3) is 0 Å². The van der Waals surface area contributed by atoms with Gasteiger partial charge in [-0.15, -0.1) is 0 Å². The summed E-state index contributed by atoms with van der Waals surface area (Å²) in [5.41, 5.74) is 1.19. The Morgan fingerprint density at radius 3 is 2.71 bits per heavy atom. The van der Waals surface area contributed by atoms with Crippen LogP contribution >= 0.6 is 15.9 Å². The highest BCUT2D eigenvalue weighted by Crippen LogP contribution is 2.29. The molecule has 0 aliphatic rings. The molecule has 110 valence electrons. The third kappa shape index (κ3) is 3.82. The van der Waals surface area contributed by atoms with Gasteiger partial charge in [0.1, 0.15) is 11.6 Å². The lowest BCUT2D eigenvalue weighted by Crippen LogP contribution is -2.15. The Morgan fingerprint density at radius 2 is 2.10 bits per heavy atom. The topological polar surface area (TPSA) is 46.5 Å². The molecule has 0 amide bonds. The van der Waals surface area contributed by atoms with Crippen LogP contribution in [0.25, 0.3) is 0 Å². The molecular formula is C16H14BrFO3. The molecule has 1 N–H and O–H groups in total. The van der Waals surface area contributed by atoms with E-state index in [1.54, 1.807) is 12.1 Å². The summed E-state index contributed by atoms with van der Waals surface area (Å²) in [5.74, 6) is -1.66. The van der Waals surface area contributed by atoms with Gasteiger partial charge in [-0.3, -0.25) is 4.79 Å². The van der Waals surface area contributed by atoms with Crippen LogP contribution in [-0.2, 0) is 11.2 Å². The average molecular weight is 353 g/mol. The highest BCUT2D eigenvalue weighted by molar-refractivity contribution is 9.10. The van der Waals surface area contributed by atoms with Gasteiger partial charge in [0.05, 0.1) is 13.0 Å². The number of carbonyl (C=O) groups is 1. The smallest absolute Gasteiger partial charge is 0.311 e. The van der Waals surface area contributed by atoms with Crippen molar-refractivity contribution in [3.05, 3.63) is 63.9 Å². The molecule has 0 saturated heterocycles. The first-order valence-corrected chi connectivity index (χ1v) is 7.11. The van der Waals surface area contributed by atoms with Gasteiger partial charge in [0.15, 0.2) is 0 Å². The number of hydrogen-bond donors (Lipinski definition) is 1. The van der Waals surface area contributed by atoms with Crippen LogP contribution in [0.5, 0.6) is 5.75 Å². The van der Waals surface area contributed by atoms with Crippen molar-refractivity contribution in [2.75, 3.05) is 7.11 Å². The number of hydrogen-bond acceptors (Lipinski definition) is 2. The van der Waals surface area contributed by atoms with Crippen molar-refractivity contribution in [2.24, 2.45) is 0 Å². The molecule has 0 heterocycles. The van der Waals surface area contributed by atoms with Gasteiger partial charge in [-0.1, -0.05) is 28.1 Å². The van der Waals surface area contributed by atoms with E-state index in [-0.39, 0.29) is 6.42 Å². The summed E-state index contributed by atoms with van der Waals surface area (Å²) >= 11 is 3.36. The summed E-state index contributed by atoms with van der Waals surface area (Å²) in [6, 6.07) is 11.1. The Bertz CT molecular complexity index is 658. The van der Waals surface area contributed by atoms with E-state index in [2.05, 4.69) is 15.9 Å². The number of methoxy groups -OCH3 is 1. The number of aliphatic carboxylic acids is 1. The summed E-state index contributed by atoms with van der Waals surface area (Å²) in [6.45, 7) is 0. The van der Waals surface area contributed by atoms with E-state index in [0.29, 0.717) is 11.3 Å². The minimum absolute atomic E-state index is 0.224. The molecule has 0 bridgehead atoms. The number of benzene rings is 2. The molecule has 2 rings (SSSR count). The summed E-state index contributed by atoms with van der Waals surface area (Å²) in [6.07, 6.45) is 0.224. The number of ether oxygens (including phenoxy) is 1. The Morgan fingerprint density at radius 1 is 1.33 bits per heavy atom. The minimum atomic E-state index is -0.998. The molecule has 0 aliphatic carbocycles. The first kappa shape index (κ1) is 15.5. The molecule has 2 aromatic rings. The fourth-order valence-corrected chi connectivity index (χ4v) is 2.61. The zero-order valence-electron chi connectivity index (χ0n) is 11.3. The van der Waals surface area contributed by atoms with E-state index >= 15 is 0 Å². The summed E-state index contributed by atoms with van der Waals surface area (Å²) in [4.78, 5) is 11.5. The molecule has 0 fully saturated rings. The van der Waals surface area contributed by atoms with Crippen molar-refractivity contribution in [3.63, 3.8) is 0 Å². The van der Waals surface area contributed by atoms with Crippen molar-refractivity contribution in [1.82, 2.24) is 0 Å². The summed E-state index contributed by atoms with van der Waals surface area (Å²) in [5, 5.41) is 9.44. The van der Waals surface area contributed by atoms with E-state index in [9.17, 15) is 14.3 Å². The molecule has 0 spiro atoms. The van der Waals surface area contributed by atoms with E-state index < -0.39 is 17.7 Å². The van der Waals surface area contributed by atoms with Crippen LogP contribution in [0.4, 0.5) is 4.39 Å². The molecule has 2 aromatic carbocycles. The normalized spacial score (nSPS) is 12.0. The average Bonchev–Trinajstić information content (AvgIpc) is 2.44. The lowest BCUT2D eigenvalue weighted by molar-refractivity contribution is -0.138. The Balaban J connectivity index is 2.37. The first-order chi connectivity index (χ1) is 10.0. The predicted octanol–water partition coefficient (Wildman–Crippen LogP) is 4.01. The van der Waals surface area contributed by atoms with Gasteiger partial charge < -0.3 is 9.84 Å². The van der Waals surface area contributed by atoms with Crippen LogP contribution < -0.4 is 4.74 Å². The van der Waals surface area contributed by atoms with Crippen molar-refractivity contribution >= 4 is 21.9 Å². The van der Waals surface area contributed by atoms with Gasteiger partial charge in [0, 0.05) is 4.47 Å². The zero-order chi connectivity index (χ0) is 15.4. The van der Waals surface area contributed by atoms with Gasteiger partial charge in [-0.2, -0.15) is 0 Å². The van der Waals surface area contributed by atoms with E-state index in [1.807, 2.05) is 12.1 Å². The lowest BCUT2D eigenvalue weighted by atomic mass is 9.91. The highest BCUT2D eigenvalue weighted by atomic mass is 79.9. The van der Waals surface area contributed by atoms with Crippen molar-refractivity contribution in [2.45, 2.75) is 12.3 Å². The SMILES string of the molecule is COc1ccc(Br)cc1CC(C(=O)O)c1cccc(F)c1. The number of halogens is 2. The number of rotatable bonds is 5. The maximum atomic E-state index is 13.3. The predicted molar refractivity (Wildman–Crippen MR) is 81.2 cm³/mol. The van der Waals surface area contributed by atoms with Gasteiger partial charge in [-0.05, 0) is 47.9 Å². The van der Waals surface area contributed by atoms with Gasteiger partial charge in [0.2, 0.25) is 0 Å². The molecule has 0 radical (unpaired) electrons. The van der Waals surface area contributed by atoms with Crippen LogP contribution in [0.2, 0.25) is 0 Å². The quantitative estimate of drug-likeness (QED) is 0.884. The number of carboxylic acid groups (broad SMARTS) is 1. The van der Waals surface area contributed by atoms with Gasteiger partial charge in [-0.25, -0.2) is 4.39 Å². The second kappa shape index (κ2) is 6.72. The Hall–Kier alpha value is -1.88. The first-order valence-electron chi connectivity index (χ1n) is 6.32. The van der Waals surface area contributed by atoms with Crippen LogP contribution in [0, 0.1) is 5.82 Å². The fourth-order valence-electron chi connectivity index (χ4n) is 2.20. The summed E-state index contributed by atoms with van der Waals surface area (Å²) in [7, 11) is 1.53. The van der Waals surface area contributed by atoms with E-state index in [1.165, 1.54) is 25.3 Å². The van der Waals surface area contributed by atoms with Crippen LogP contribution in [0.1, 0.15) is 17.0 Å². The second-order valence-electron chi connectivity index (χ2n) is 4.61. The van der Waals surface area contributed by atoms with Crippen LogP contribution in [0.3, 0.4) is 0 Å². The second-order valence-corrected chi connectivity index (χ2v) is 5.52. The molecule has 3 nitrogen and oxygen atoms in total. The Labute approximate surface area is 130 Å². The standard InChI is InChI=1S/C16H14BrFO3/c1-21-15-6-5-12(17)7-11(15)9-14(16(19)20)10-3-2-4-13(18)8-10/h2-8,14H,9H2,1H3,(H,19,20). The van der Waals surface area contributed by atoms with Crippen molar-refractivity contribution < 1.29 is 19.0 Å². The molecule has 1 unspecified atom stereocenters. The highest BCUT2D eigenvalue weighted by Gasteiger charge is 2.22. The largest absolute Gasteiger partial charge is 0.496 e. The van der Waals surface area contributed by atoms with Crippen molar-refractivity contribution in [1.29, 1.82) is 0 Å². The minimum Gasteiger partial charge on any atom is -0.496 e. The van der Waals surface area contributed by atoms with E-state index in [0.717, 1.165) is 10.0 Å². The molecule has 21 heavy (non-hydrogen) atoms. The maximum Gasteiger partial charge on any atom is 0.311 e. The van der Waals surface area contributed by atoms with E-state index in [4.69, 9.17) is 4.74 Å².